The molecule has 0 saturated heterocycles. The zero-order valence-electron chi connectivity index (χ0n) is 8.08. The minimum Gasteiger partial charge on any atom is -0.483 e. The van der Waals surface area contributed by atoms with Gasteiger partial charge in [-0.2, -0.15) is 0 Å². The Hall–Kier alpha value is -2.16. The molecule has 0 saturated carbocycles. The van der Waals surface area contributed by atoms with Gasteiger partial charge in [0.05, 0.1) is 0 Å². The van der Waals surface area contributed by atoms with Crippen LogP contribution in [0, 0.1) is 0 Å². The van der Waals surface area contributed by atoms with Crippen molar-refractivity contribution in [2.24, 2.45) is 0 Å². The minimum absolute atomic E-state index is 0.250. The topological polar surface area (TPSA) is 50.2 Å². The highest BCUT2D eigenvalue weighted by Gasteiger charge is 1.92. The molecule has 0 aliphatic rings. The Kier molecular flexibility index (Phi) is 4.60. The molecule has 1 aromatic heterocycles. The molecular formula is C12H11NO2. The van der Waals surface area contributed by atoms with Crippen LogP contribution in [0.4, 0.5) is 0 Å². The second kappa shape index (κ2) is 6.32. The zero-order chi connectivity index (χ0) is 10.9. The summed E-state index contributed by atoms with van der Waals surface area (Å²) in [5, 5.41) is 6.89. The van der Waals surface area contributed by atoms with Crippen LogP contribution in [-0.2, 0) is 4.79 Å². The van der Waals surface area contributed by atoms with Crippen molar-refractivity contribution in [2.75, 3.05) is 0 Å². The molecule has 0 bridgehead atoms. The monoisotopic (exact) mass is 201 g/mol. The van der Waals surface area contributed by atoms with Crippen LogP contribution < -0.4 is 0 Å². The SMILES string of the molecule is O=CO.c1ccc(-c2ccncc2)cc1. The normalized spacial score (nSPS) is 8.53. The average molecular weight is 201 g/mol. The molecule has 0 fully saturated rings. The Labute approximate surface area is 88.0 Å². The smallest absolute Gasteiger partial charge is 0.290 e. The summed E-state index contributed by atoms with van der Waals surface area (Å²) in [5.74, 6) is 0. The molecule has 15 heavy (non-hydrogen) atoms. The fraction of sp³-hybridized carbons (Fsp3) is 0. The predicted octanol–water partition coefficient (Wildman–Crippen LogP) is 2.45. The quantitative estimate of drug-likeness (QED) is 0.721. The molecule has 76 valence electrons. The minimum atomic E-state index is -0.250. The molecule has 2 rings (SSSR count). The average Bonchev–Trinajstić information content (AvgIpc) is 2.32. The first-order chi connectivity index (χ1) is 7.38. The molecule has 0 unspecified atom stereocenters. The Morgan fingerprint density at radius 2 is 1.40 bits per heavy atom. The number of carboxylic acid groups (broad SMARTS) is 1. The third-order valence-corrected chi connectivity index (χ3v) is 1.79. The van der Waals surface area contributed by atoms with Crippen molar-refractivity contribution in [1.29, 1.82) is 0 Å². The summed E-state index contributed by atoms with van der Waals surface area (Å²) in [7, 11) is 0. The molecule has 2 aromatic rings. The standard InChI is InChI=1S/C11H9N.CH2O2/c1-2-4-10(5-3-1)11-6-8-12-9-7-11;2-1-3/h1-9H;1H,(H,2,3). The number of pyridine rings is 1. The molecule has 1 aromatic carbocycles. The van der Waals surface area contributed by atoms with Gasteiger partial charge in [0.2, 0.25) is 0 Å². The van der Waals surface area contributed by atoms with Gasteiger partial charge in [-0.3, -0.25) is 9.78 Å². The lowest BCUT2D eigenvalue weighted by Gasteiger charge is -1.98. The number of rotatable bonds is 1. The van der Waals surface area contributed by atoms with Crippen LogP contribution in [0.2, 0.25) is 0 Å². The molecule has 0 radical (unpaired) electrons. The molecule has 1 heterocycles. The Bertz CT molecular complexity index is 349. The van der Waals surface area contributed by atoms with E-state index in [2.05, 4.69) is 17.1 Å². The zero-order valence-corrected chi connectivity index (χ0v) is 8.08. The van der Waals surface area contributed by atoms with Crippen LogP contribution in [0.5, 0.6) is 0 Å². The summed E-state index contributed by atoms with van der Waals surface area (Å²) in [5.41, 5.74) is 2.45. The van der Waals surface area contributed by atoms with Gasteiger partial charge in [0.25, 0.3) is 6.47 Å². The van der Waals surface area contributed by atoms with Gasteiger partial charge < -0.3 is 5.11 Å². The highest BCUT2D eigenvalue weighted by molar-refractivity contribution is 5.62. The number of hydrogen-bond acceptors (Lipinski definition) is 2. The number of aromatic nitrogens is 1. The lowest BCUT2D eigenvalue weighted by Crippen LogP contribution is -1.76. The Morgan fingerprint density at radius 3 is 1.93 bits per heavy atom. The summed E-state index contributed by atoms with van der Waals surface area (Å²) in [6, 6.07) is 14.3. The molecule has 0 amide bonds. The summed E-state index contributed by atoms with van der Waals surface area (Å²) in [6.45, 7) is -0.250. The van der Waals surface area contributed by atoms with Crippen molar-refractivity contribution >= 4 is 6.47 Å². The second-order valence-corrected chi connectivity index (χ2v) is 2.71. The molecular weight excluding hydrogens is 190 g/mol. The highest BCUT2D eigenvalue weighted by atomic mass is 16.3. The van der Waals surface area contributed by atoms with E-state index in [0.29, 0.717) is 0 Å². The molecule has 0 spiro atoms. The van der Waals surface area contributed by atoms with Crippen molar-refractivity contribution in [1.82, 2.24) is 4.98 Å². The summed E-state index contributed by atoms with van der Waals surface area (Å²) < 4.78 is 0. The van der Waals surface area contributed by atoms with Gasteiger partial charge in [0.15, 0.2) is 0 Å². The van der Waals surface area contributed by atoms with Gasteiger partial charge in [-0.15, -0.1) is 0 Å². The molecule has 0 aliphatic heterocycles. The van der Waals surface area contributed by atoms with Gasteiger partial charge in [-0.1, -0.05) is 30.3 Å². The van der Waals surface area contributed by atoms with Crippen molar-refractivity contribution in [3.63, 3.8) is 0 Å². The summed E-state index contributed by atoms with van der Waals surface area (Å²) in [4.78, 5) is 12.3. The first kappa shape index (κ1) is 10.9. The molecule has 3 heteroatoms. The maximum atomic E-state index is 8.36. The van der Waals surface area contributed by atoms with E-state index in [0.717, 1.165) is 0 Å². The van der Waals surface area contributed by atoms with Crippen LogP contribution >= 0.6 is 0 Å². The van der Waals surface area contributed by atoms with E-state index in [9.17, 15) is 0 Å². The van der Waals surface area contributed by atoms with E-state index in [4.69, 9.17) is 9.90 Å². The lowest BCUT2D eigenvalue weighted by molar-refractivity contribution is -0.122. The van der Waals surface area contributed by atoms with Crippen LogP contribution in [0.25, 0.3) is 11.1 Å². The fourth-order valence-electron chi connectivity index (χ4n) is 1.17. The fourth-order valence-corrected chi connectivity index (χ4v) is 1.17. The first-order valence-electron chi connectivity index (χ1n) is 4.41. The van der Waals surface area contributed by atoms with Gasteiger partial charge in [0.1, 0.15) is 0 Å². The van der Waals surface area contributed by atoms with Crippen molar-refractivity contribution < 1.29 is 9.90 Å². The van der Waals surface area contributed by atoms with Crippen LogP contribution in [0.3, 0.4) is 0 Å². The van der Waals surface area contributed by atoms with E-state index in [-0.39, 0.29) is 6.47 Å². The number of benzene rings is 1. The van der Waals surface area contributed by atoms with Crippen molar-refractivity contribution in [3.05, 3.63) is 54.9 Å². The van der Waals surface area contributed by atoms with Gasteiger partial charge >= 0.3 is 0 Å². The lowest BCUT2D eigenvalue weighted by atomic mass is 10.1. The number of nitrogens with zero attached hydrogens (tertiary/aromatic N) is 1. The molecule has 0 atom stereocenters. The third kappa shape index (κ3) is 3.60. The number of hydrogen-bond donors (Lipinski definition) is 1. The van der Waals surface area contributed by atoms with E-state index in [1.807, 2.05) is 42.7 Å². The van der Waals surface area contributed by atoms with E-state index in [1.165, 1.54) is 11.1 Å². The van der Waals surface area contributed by atoms with E-state index in [1.54, 1.807) is 0 Å². The Balaban J connectivity index is 0.000000337. The molecule has 0 aliphatic carbocycles. The highest BCUT2D eigenvalue weighted by Crippen LogP contribution is 2.16. The van der Waals surface area contributed by atoms with Crippen molar-refractivity contribution in [2.45, 2.75) is 0 Å². The van der Waals surface area contributed by atoms with Crippen LogP contribution in [0.15, 0.2) is 54.9 Å². The summed E-state index contributed by atoms with van der Waals surface area (Å²) in [6.07, 6.45) is 3.62. The van der Waals surface area contributed by atoms with Crippen LogP contribution in [-0.4, -0.2) is 16.6 Å². The van der Waals surface area contributed by atoms with E-state index >= 15 is 0 Å². The van der Waals surface area contributed by atoms with Crippen LogP contribution in [0.1, 0.15) is 0 Å². The van der Waals surface area contributed by atoms with E-state index < -0.39 is 0 Å². The number of carbonyl (C=O) groups is 1. The maximum absolute atomic E-state index is 8.36. The van der Waals surface area contributed by atoms with Gasteiger partial charge in [0, 0.05) is 12.4 Å². The second-order valence-electron chi connectivity index (χ2n) is 2.71. The first-order valence-corrected chi connectivity index (χ1v) is 4.41. The predicted molar refractivity (Wildman–Crippen MR) is 58.4 cm³/mol. The molecule has 3 nitrogen and oxygen atoms in total. The largest absolute Gasteiger partial charge is 0.483 e. The van der Waals surface area contributed by atoms with Gasteiger partial charge in [-0.05, 0) is 23.3 Å². The van der Waals surface area contributed by atoms with Gasteiger partial charge in [-0.25, -0.2) is 0 Å². The molecule has 1 N–H and O–H groups in total. The summed E-state index contributed by atoms with van der Waals surface area (Å²) >= 11 is 0. The Morgan fingerprint density at radius 1 is 0.933 bits per heavy atom. The van der Waals surface area contributed by atoms with Crippen molar-refractivity contribution in [3.8, 4) is 11.1 Å². The maximum Gasteiger partial charge on any atom is 0.290 e. The third-order valence-electron chi connectivity index (χ3n) is 1.79.